The average molecular weight is 317 g/mol. The third-order valence-corrected chi connectivity index (χ3v) is 3.71. The quantitative estimate of drug-likeness (QED) is 0.935. The lowest BCUT2D eigenvalue weighted by Gasteiger charge is -2.09. The molecule has 6 nitrogen and oxygen atoms in total. The van der Waals surface area contributed by atoms with Crippen LogP contribution in [0, 0.1) is 0 Å². The van der Waals surface area contributed by atoms with Gasteiger partial charge in [0, 0.05) is 10.9 Å². The van der Waals surface area contributed by atoms with E-state index in [-0.39, 0.29) is 12.5 Å². The Labute approximate surface area is 109 Å². The predicted molar refractivity (Wildman–Crippen MR) is 65.8 cm³/mol. The molecule has 90 valence electrons. The number of tetrazole rings is 1. The third-order valence-electron chi connectivity index (χ3n) is 2.21. The van der Waals surface area contributed by atoms with Gasteiger partial charge >= 0.3 is 5.97 Å². The molecule has 0 saturated carbocycles. The standard InChI is InChI=1S/C9H9BrN4O2S/c1-5(2-8(15)16)14-9(11-12-13-14)6-3-7(10)17-4-6/h3-5H,2H2,1H3,(H,15,16). The second-order valence-corrected chi connectivity index (χ2v) is 5.82. The van der Waals surface area contributed by atoms with Crippen molar-refractivity contribution in [2.75, 3.05) is 0 Å². The van der Waals surface area contributed by atoms with Crippen molar-refractivity contribution >= 4 is 33.2 Å². The normalized spacial score (nSPS) is 12.6. The molecule has 2 heterocycles. The first-order valence-electron chi connectivity index (χ1n) is 4.82. The molecule has 0 fully saturated rings. The zero-order valence-electron chi connectivity index (χ0n) is 8.87. The molecule has 0 spiro atoms. The molecule has 0 aliphatic carbocycles. The summed E-state index contributed by atoms with van der Waals surface area (Å²) in [4.78, 5) is 10.7. The molecule has 2 aromatic rings. The predicted octanol–water partition coefficient (Wildman–Crippen LogP) is 2.20. The molecule has 2 rings (SSSR count). The van der Waals surface area contributed by atoms with Crippen LogP contribution >= 0.6 is 27.3 Å². The smallest absolute Gasteiger partial charge is 0.305 e. The number of carbonyl (C=O) groups is 1. The molecule has 0 aliphatic rings. The minimum atomic E-state index is -0.870. The highest BCUT2D eigenvalue weighted by Gasteiger charge is 2.17. The molecule has 2 aromatic heterocycles. The van der Waals surface area contributed by atoms with Crippen LogP contribution in [0.1, 0.15) is 19.4 Å². The topological polar surface area (TPSA) is 80.9 Å². The summed E-state index contributed by atoms with van der Waals surface area (Å²) in [6.07, 6.45) is -0.0106. The Morgan fingerprint density at radius 2 is 2.47 bits per heavy atom. The van der Waals surface area contributed by atoms with Crippen LogP contribution in [0.5, 0.6) is 0 Å². The SMILES string of the molecule is CC(CC(=O)O)n1nnnc1-c1csc(Br)c1. The Bertz CT molecular complexity index is 539. The highest BCUT2D eigenvalue weighted by Crippen LogP contribution is 2.28. The fourth-order valence-electron chi connectivity index (χ4n) is 1.45. The van der Waals surface area contributed by atoms with Crippen molar-refractivity contribution in [1.82, 2.24) is 20.2 Å². The monoisotopic (exact) mass is 316 g/mol. The van der Waals surface area contributed by atoms with Crippen molar-refractivity contribution in [1.29, 1.82) is 0 Å². The number of halogens is 1. The second kappa shape index (κ2) is 4.92. The summed E-state index contributed by atoms with van der Waals surface area (Å²) >= 11 is 4.89. The number of hydrogen-bond acceptors (Lipinski definition) is 5. The third kappa shape index (κ3) is 2.70. The van der Waals surface area contributed by atoms with Gasteiger partial charge in [-0.05, 0) is 39.3 Å². The number of carboxylic acid groups (broad SMARTS) is 1. The first kappa shape index (κ1) is 12.2. The summed E-state index contributed by atoms with van der Waals surface area (Å²) in [5.74, 6) is -0.286. The van der Waals surface area contributed by atoms with Gasteiger partial charge in [-0.25, -0.2) is 4.68 Å². The lowest BCUT2D eigenvalue weighted by Crippen LogP contribution is -2.13. The van der Waals surface area contributed by atoms with Gasteiger partial charge in [-0.2, -0.15) is 0 Å². The molecule has 0 aliphatic heterocycles. The summed E-state index contributed by atoms with van der Waals surface area (Å²) in [7, 11) is 0. The van der Waals surface area contributed by atoms with Crippen molar-refractivity contribution in [3.8, 4) is 11.4 Å². The maximum absolute atomic E-state index is 10.7. The van der Waals surface area contributed by atoms with Gasteiger partial charge in [-0.15, -0.1) is 16.4 Å². The van der Waals surface area contributed by atoms with Crippen molar-refractivity contribution < 1.29 is 9.90 Å². The van der Waals surface area contributed by atoms with Gasteiger partial charge in [0.25, 0.3) is 0 Å². The number of rotatable bonds is 4. The highest BCUT2D eigenvalue weighted by molar-refractivity contribution is 9.11. The average Bonchev–Trinajstić information content (AvgIpc) is 2.83. The molecule has 0 radical (unpaired) electrons. The van der Waals surface area contributed by atoms with Gasteiger partial charge in [0.1, 0.15) is 0 Å². The van der Waals surface area contributed by atoms with Gasteiger partial charge in [0.15, 0.2) is 5.82 Å². The van der Waals surface area contributed by atoms with E-state index in [0.29, 0.717) is 5.82 Å². The Balaban J connectivity index is 2.31. The van der Waals surface area contributed by atoms with Crippen LogP contribution in [0.4, 0.5) is 0 Å². The van der Waals surface area contributed by atoms with Crippen LogP contribution in [0.2, 0.25) is 0 Å². The number of aliphatic carboxylic acids is 1. The van der Waals surface area contributed by atoms with E-state index in [1.807, 2.05) is 11.4 Å². The summed E-state index contributed by atoms with van der Waals surface area (Å²) in [5, 5.41) is 22.0. The summed E-state index contributed by atoms with van der Waals surface area (Å²) in [5.41, 5.74) is 0.879. The molecule has 1 atom stereocenters. The molecule has 0 amide bonds. The van der Waals surface area contributed by atoms with Crippen LogP contribution in [0.25, 0.3) is 11.4 Å². The van der Waals surface area contributed by atoms with E-state index in [1.54, 1.807) is 6.92 Å². The van der Waals surface area contributed by atoms with E-state index < -0.39 is 5.97 Å². The number of aromatic nitrogens is 4. The zero-order chi connectivity index (χ0) is 12.4. The van der Waals surface area contributed by atoms with E-state index >= 15 is 0 Å². The fraction of sp³-hybridized carbons (Fsp3) is 0.333. The second-order valence-electron chi connectivity index (χ2n) is 3.53. The van der Waals surface area contributed by atoms with Crippen molar-refractivity contribution in [2.45, 2.75) is 19.4 Å². The first-order valence-corrected chi connectivity index (χ1v) is 6.49. The van der Waals surface area contributed by atoms with Crippen LogP contribution in [0.3, 0.4) is 0 Å². The van der Waals surface area contributed by atoms with E-state index in [2.05, 4.69) is 31.5 Å². The lowest BCUT2D eigenvalue weighted by molar-refractivity contribution is -0.137. The maximum Gasteiger partial charge on any atom is 0.305 e. The number of nitrogens with zero attached hydrogens (tertiary/aromatic N) is 4. The molecule has 0 bridgehead atoms. The van der Waals surface area contributed by atoms with Gasteiger partial charge in [0.05, 0.1) is 16.2 Å². The van der Waals surface area contributed by atoms with Crippen LogP contribution < -0.4 is 0 Å². The van der Waals surface area contributed by atoms with Crippen molar-refractivity contribution in [2.24, 2.45) is 0 Å². The summed E-state index contributed by atoms with van der Waals surface area (Å²) < 4.78 is 2.51. The van der Waals surface area contributed by atoms with Gasteiger partial charge in [-0.1, -0.05) is 0 Å². The van der Waals surface area contributed by atoms with E-state index in [4.69, 9.17) is 5.11 Å². The summed E-state index contributed by atoms with van der Waals surface area (Å²) in [6.45, 7) is 1.77. The van der Waals surface area contributed by atoms with E-state index in [1.165, 1.54) is 16.0 Å². The Hall–Kier alpha value is -1.28. The minimum Gasteiger partial charge on any atom is -0.481 e. The highest BCUT2D eigenvalue weighted by atomic mass is 79.9. The zero-order valence-corrected chi connectivity index (χ0v) is 11.3. The molecular formula is C9H9BrN4O2S. The first-order chi connectivity index (χ1) is 8.08. The van der Waals surface area contributed by atoms with Crippen LogP contribution in [-0.2, 0) is 4.79 Å². The van der Waals surface area contributed by atoms with Crippen LogP contribution in [0.15, 0.2) is 15.2 Å². The molecule has 1 unspecified atom stereocenters. The molecule has 1 N–H and O–H groups in total. The molecule has 0 saturated heterocycles. The maximum atomic E-state index is 10.7. The molecule has 17 heavy (non-hydrogen) atoms. The Kier molecular flexibility index (Phi) is 3.53. The van der Waals surface area contributed by atoms with Crippen molar-refractivity contribution in [3.63, 3.8) is 0 Å². The van der Waals surface area contributed by atoms with Crippen molar-refractivity contribution in [3.05, 3.63) is 15.2 Å². The Morgan fingerprint density at radius 1 is 1.71 bits per heavy atom. The van der Waals surface area contributed by atoms with E-state index in [0.717, 1.165) is 9.35 Å². The molecular weight excluding hydrogens is 308 g/mol. The lowest BCUT2D eigenvalue weighted by atomic mass is 10.2. The summed E-state index contributed by atoms with van der Waals surface area (Å²) in [6, 6.07) is 1.62. The molecule has 0 aromatic carbocycles. The Morgan fingerprint density at radius 3 is 3.06 bits per heavy atom. The molecule has 8 heteroatoms. The number of hydrogen-bond donors (Lipinski definition) is 1. The fourth-order valence-corrected chi connectivity index (χ4v) is 2.58. The number of carboxylic acids is 1. The largest absolute Gasteiger partial charge is 0.481 e. The number of thiophene rings is 1. The van der Waals surface area contributed by atoms with Gasteiger partial charge < -0.3 is 5.11 Å². The van der Waals surface area contributed by atoms with Gasteiger partial charge in [-0.3, -0.25) is 4.79 Å². The van der Waals surface area contributed by atoms with Gasteiger partial charge in [0.2, 0.25) is 0 Å². The minimum absolute atomic E-state index is 0.0106. The van der Waals surface area contributed by atoms with Crippen LogP contribution in [-0.4, -0.2) is 31.3 Å². The van der Waals surface area contributed by atoms with E-state index in [9.17, 15) is 4.79 Å².